The molecule has 9 heteroatoms. The molecule has 0 aliphatic heterocycles. The molecule has 0 saturated heterocycles. The number of ether oxygens (including phenoxy) is 1. The summed E-state index contributed by atoms with van der Waals surface area (Å²) in [5.74, 6) is 0.222. The standard InChI is InChI=1S/C27H25ClN4O3S/c1-15(2)10-18(33)9-8-17-6-5-7-23-25(17)31-27(36-23)32-26(34)21-13-29-16(3)11-19(21)20-12-24(28)30-14-22(20)35-4/h5-7,10-14H,8-9H2,1-4H3,(H,31,32,34). The van der Waals surface area contributed by atoms with Crippen LogP contribution in [0.25, 0.3) is 21.3 Å². The highest BCUT2D eigenvalue weighted by Gasteiger charge is 2.19. The number of allylic oxidation sites excluding steroid dienone is 2. The van der Waals surface area contributed by atoms with Crippen LogP contribution in [0.3, 0.4) is 0 Å². The van der Waals surface area contributed by atoms with Gasteiger partial charge in [0.05, 0.1) is 29.1 Å². The number of carbonyl (C=O) groups is 2. The first kappa shape index (κ1) is 25.5. The van der Waals surface area contributed by atoms with Gasteiger partial charge in [-0.05, 0) is 57.0 Å². The summed E-state index contributed by atoms with van der Waals surface area (Å²) in [6.07, 6.45) is 5.68. The molecule has 0 radical (unpaired) electrons. The van der Waals surface area contributed by atoms with Crippen LogP contribution < -0.4 is 10.1 Å². The van der Waals surface area contributed by atoms with Crippen molar-refractivity contribution >= 4 is 50.0 Å². The molecule has 7 nitrogen and oxygen atoms in total. The molecule has 1 aromatic carbocycles. The maximum Gasteiger partial charge on any atom is 0.259 e. The molecule has 0 aliphatic rings. The molecule has 0 spiro atoms. The Kier molecular flexibility index (Phi) is 7.76. The number of benzene rings is 1. The highest BCUT2D eigenvalue weighted by atomic mass is 35.5. The lowest BCUT2D eigenvalue weighted by Gasteiger charge is -2.13. The van der Waals surface area contributed by atoms with E-state index in [2.05, 4.69) is 20.3 Å². The second kappa shape index (κ2) is 11.0. The lowest BCUT2D eigenvalue weighted by Crippen LogP contribution is -2.14. The fourth-order valence-electron chi connectivity index (χ4n) is 3.83. The second-order valence-electron chi connectivity index (χ2n) is 8.50. The number of amides is 1. The first-order valence-corrected chi connectivity index (χ1v) is 12.5. The van der Waals surface area contributed by atoms with Crippen LogP contribution >= 0.6 is 22.9 Å². The molecule has 3 heterocycles. The summed E-state index contributed by atoms with van der Waals surface area (Å²) in [6, 6.07) is 9.32. The molecule has 184 valence electrons. The van der Waals surface area contributed by atoms with E-state index in [1.165, 1.54) is 30.8 Å². The van der Waals surface area contributed by atoms with Gasteiger partial charge in [-0.3, -0.25) is 19.9 Å². The second-order valence-corrected chi connectivity index (χ2v) is 9.92. The summed E-state index contributed by atoms with van der Waals surface area (Å²) >= 11 is 7.52. The Hall–Kier alpha value is -3.62. The summed E-state index contributed by atoms with van der Waals surface area (Å²) < 4.78 is 6.38. The van der Waals surface area contributed by atoms with Crippen molar-refractivity contribution in [3.8, 4) is 16.9 Å². The van der Waals surface area contributed by atoms with E-state index in [0.29, 0.717) is 40.4 Å². The third kappa shape index (κ3) is 5.78. The van der Waals surface area contributed by atoms with E-state index >= 15 is 0 Å². The fraction of sp³-hybridized carbons (Fsp3) is 0.222. The van der Waals surface area contributed by atoms with Crippen molar-refractivity contribution in [2.75, 3.05) is 12.4 Å². The van der Waals surface area contributed by atoms with Gasteiger partial charge in [0, 0.05) is 29.4 Å². The number of hydrogen-bond acceptors (Lipinski definition) is 7. The van der Waals surface area contributed by atoms with Gasteiger partial charge in [0.2, 0.25) is 0 Å². The largest absolute Gasteiger partial charge is 0.494 e. The lowest BCUT2D eigenvalue weighted by molar-refractivity contribution is -0.114. The summed E-state index contributed by atoms with van der Waals surface area (Å²) in [5.41, 5.74) is 5.09. The number of anilines is 1. The molecule has 0 atom stereocenters. The van der Waals surface area contributed by atoms with E-state index in [1.807, 2.05) is 45.0 Å². The number of rotatable bonds is 8. The Morgan fingerprint density at radius 3 is 2.69 bits per heavy atom. The number of pyridine rings is 2. The normalized spacial score (nSPS) is 10.8. The van der Waals surface area contributed by atoms with Crippen LogP contribution in [-0.4, -0.2) is 33.8 Å². The van der Waals surface area contributed by atoms with Crippen LogP contribution in [0.4, 0.5) is 5.13 Å². The summed E-state index contributed by atoms with van der Waals surface area (Å²) in [6.45, 7) is 5.66. The smallest absolute Gasteiger partial charge is 0.259 e. The minimum atomic E-state index is -0.355. The highest BCUT2D eigenvalue weighted by molar-refractivity contribution is 7.22. The molecule has 0 bridgehead atoms. The molecule has 0 saturated carbocycles. The average molecular weight is 521 g/mol. The molecule has 4 aromatic rings. The predicted molar refractivity (Wildman–Crippen MR) is 144 cm³/mol. The fourth-order valence-corrected chi connectivity index (χ4v) is 4.90. The summed E-state index contributed by atoms with van der Waals surface area (Å²) in [5, 5.41) is 3.66. The summed E-state index contributed by atoms with van der Waals surface area (Å²) in [7, 11) is 1.54. The van der Waals surface area contributed by atoms with Crippen molar-refractivity contribution in [2.24, 2.45) is 0 Å². The lowest BCUT2D eigenvalue weighted by atomic mass is 10.0. The van der Waals surface area contributed by atoms with Crippen molar-refractivity contribution in [3.63, 3.8) is 0 Å². The van der Waals surface area contributed by atoms with Crippen LogP contribution in [0, 0.1) is 6.92 Å². The number of fused-ring (bicyclic) bond motifs is 1. The number of halogens is 1. The number of ketones is 1. The molecular weight excluding hydrogens is 496 g/mol. The van der Waals surface area contributed by atoms with Crippen molar-refractivity contribution in [1.29, 1.82) is 0 Å². The molecule has 0 unspecified atom stereocenters. The number of carbonyl (C=O) groups excluding carboxylic acids is 2. The molecule has 4 rings (SSSR count). The van der Waals surface area contributed by atoms with Crippen molar-refractivity contribution in [2.45, 2.75) is 33.6 Å². The van der Waals surface area contributed by atoms with Gasteiger partial charge >= 0.3 is 0 Å². The van der Waals surface area contributed by atoms with Gasteiger partial charge < -0.3 is 4.74 Å². The predicted octanol–water partition coefficient (Wildman–Crippen LogP) is 6.44. The Labute approximate surface area is 218 Å². The van der Waals surface area contributed by atoms with Gasteiger partial charge in [-0.15, -0.1) is 0 Å². The minimum absolute atomic E-state index is 0.0850. The van der Waals surface area contributed by atoms with Gasteiger partial charge in [0.1, 0.15) is 10.9 Å². The number of hydrogen-bond donors (Lipinski definition) is 1. The quantitative estimate of drug-likeness (QED) is 0.212. The molecule has 36 heavy (non-hydrogen) atoms. The Bertz CT molecular complexity index is 1490. The number of para-hydroxylation sites is 1. The Morgan fingerprint density at radius 2 is 1.94 bits per heavy atom. The maximum absolute atomic E-state index is 13.4. The molecular formula is C27H25ClN4O3S. The third-order valence-corrected chi connectivity index (χ3v) is 6.59. The van der Waals surface area contributed by atoms with Gasteiger partial charge in [0.25, 0.3) is 5.91 Å². The molecule has 1 amide bonds. The number of nitrogens with zero attached hydrogens (tertiary/aromatic N) is 3. The Morgan fingerprint density at radius 1 is 1.14 bits per heavy atom. The first-order chi connectivity index (χ1) is 17.2. The zero-order valence-electron chi connectivity index (χ0n) is 20.4. The van der Waals surface area contributed by atoms with Gasteiger partial charge in [-0.2, -0.15) is 0 Å². The zero-order chi connectivity index (χ0) is 25.8. The van der Waals surface area contributed by atoms with Crippen LogP contribution in [0.1, 0.15) is 41.9 Å². The topological polar surface area (TPSA) is 94.1 Å². The van der Waals surface area contributed by atoms with Crippen LogP contribution in [0.2, 0.25) is 5.15 Å². The molecule has 3 aromatic heterocycles. The molecule has 0 fully saturated rings. The van der Waals surface area contributed by atoms with Gasteiger partial charge in [-0.25, -0.2) is 9.97 Å². The van der Waals surface area contributed by atoms with Gasteiger partial charge in [0.15, 0.2) is 10.9 Å². The van der Waals surface area contributed by atoms with E-state index in [-0.39, 0.29) is 16.8 Å². The molecule has 1 N–H and O–H groups in total. The minimum Gasteiger partial charge on any atom is -0.494 e. The van der Waals surface area contributed by atoms with E-state index in [9.17, 15) is 9.59 Å². The van der Waals surface area contributed by atoms with Crippen LogP contribution in [-0.2, 0) is 11.2 Å². The number of nitrogens with one attached hydrogen (secondary N) is 1. The summed E-state index contributed by atoms with van der Waals surface area (Å²) in [4.78, 5) is 38.5. The maximum atomic E-state index is 13.4. The van der Waals surface area contributed by atoms with Gasteiger partial charge in [-0.1, -0.05) is 40.6 Å². The van der Waals surface area contributed by atoms with Crippen molar-refractivity contribution in [3.05, 3.63) is 76.3 Å². The number of thiazole rings is 1. The monoisotopic (exact) mass is 520 g/mol. The van der Waals surface area contributed by atoms with E-state index in [0.717, 1.165) is 27.0 Å². The average Bonchev–Trinajstić information content (AvgIpc) is 3.25. The third-order valence-electron chi connectivity index (χ3n) is 5.44. The van der Waals surface area contributed by atoms with Crippen molar-refractivity contribution < 1.29 is 14.3 Å². The highest BCUT2D eigenvalue weighted by Crippen LogP contribution is 2.35. The first-order valence-electron chi connectivity index (χ1n) is 11.3. The van der Waals surface area contributed by atoms with Crippen molar-refractivity contribution in [1.82, 2.24) is 15.0 Å². The number of aromatic nitrogens is 3. The van der Waals surface area contributed by atoms with E-state index in [4.69, 9.17) is 16.3 Å². The van der Waals surface area contributed by atoms with Crippen LogP contribution in [0.15, 0.2) is 54.4 Å². The van der Waals surface area contributed by atoms with Crippen LogP contribution in [0.5, 0.6) is 5.75 Å². The number of aryl methyl sites for hydroxylation is 2. The molecule has 0 aliphatic carbocycles. The number of methoxy groups -OCH3 is 1. The Balaban J connectivity index is 1.63. The van der Waals surface area contributed by atoms with E-state index in [1.54, 1.807) is 12.1 Å². The SMILES string of the molecule is COc1cnc(Cl)cc1-c1cc(C)ncc1C(=O)Nc1nc2c(CCC(=O)C=C(C)C)cccc2s1. The van der Waals surface area contributed by atoms with E-state index < -0.39 is 0 Å². The zero-order valence-corrected chi connectivity index (χ0v) is 22.0.